The lowest BCUT2D eigenvalue weighted by Gasteiger charge is -2.31. The number of carbonyl (C=O) groups excluding carboxylic acids is 2. The van der Waals surface area contributed by atoms with Gasteiger partial charge in [0.25, 0.3) is 5.91 Å². The van der Waals surface area contributed by atoms with Crippen LogP contribution in [-0.2, 0) is 16.1 Å². The van der Waals surface area contributed by atoms with Crippen LogP contribution < -0.4 is 14.8 Å². The summed E-state index contributed by atoms with van der Waals surface area (Å²) in [6, 6.07) is 12.8. The predicted molar refractivity (Wildman–Crippen MR) is 132 cm³/mol. The number of nitrogens with zero attached hydrogens (tertiary/aromatic N) is 1. The molecule has 1 N–H and O–H groups in total. The highest BCUT2D eigenvalue weighted by atomic mass is 79.9. The first-order valence-corrected chi connectivity index (χ1v) is 12.3. The van der Waals surface area contributed by atoms with Gasteiger partial charge in [-0.1, -0.05) is 47.8 Å². The van der Waals surface area contributed by atoms with Crippen molar-refractivity contribution in [3.05, 3.63) is 58.1 Å². The molecule has 0 spiro atoms. The van der Waals surface area contributed by atoms with Crippen molar-refractivity contribution in [3.63, 3.8) is 0 Å². The predicted octanol–water partition coefficient (Wildman–Crippen LogP) is 5.01. The maximum Gasteiger partial charge on any atom is 0.261 e. The Morgan fingerprint density at radius 1 is 1.15 bits per heavy atom. The average molecular weight is 517 g/mol. The van der Waals surface area contributed by atoms with Gasteiger partial charge in [-0.3, -0.25) is 9.59 Å². The first kappa shape index (κ1) is 25.1. The third-order valence-electron chi connectivity index (χ3n) is 6.07. The van der Waals surface area contributed by atoms with Gasteiger partial charge in [-0.05, 0) is 67.6 Å². The Hall–Kier alpha value is -2.54. The van der Waals surface area contributed by atoms with E-state index in [1.54, 1.807) is 12.0 Å². The van der Waals surface area contributed by atoms with Crippen molar-refractivity contribution in [2.75, 3.05) is 13.7 Å². The fourth-order valence-corrected chi connectivity index (χ4v) is 4.44. The smallest absolute Gasteiger partial charge is 0.261 e. The van der Waals surface area contributed by atoms with E-state index in [1.807, 2.05) is 56.3 Å². The molecule has 1 aliphatic rings. The summed E-state index contributed by atoms with van der Waals surface area (Å²) in [5.74, 6) is 1.01. The Morgan fingerprint density at radius 2 is 1.91 bits per heavy atom. The molecule has 178 valence electrons. The molecule has 1 aliphatic carbocycles. The van der Waals surface area contributed by atoms with E-state index in [4.69, 9.17) is 9.47 Å². The Bertz CT molecular complexity index is 959. The molecule has 0 saturated heterocycles. The summed E-state index contributed by atoms with van der Waals surface area (Å²) in [5.41, 5.74) is 1.92. The van der Waals surface area contributed by atoms with E-state index in [9.17, 15) is 9.59 Å². The Balaban J connectivity index is 1.78. The Labute approximate surface area is 204 Å². The number of hydrogen-bond donors (Lipinski definition) is 1. The summed E-state index contributed by atoms with van der Waals surface area (Å²) in [5, 5.41) is 3.16. The number of ether oxygens (including phenoxy) is 2. The number of benzene rings is 2. The van der Waals surface area contributed by atoms with Gasteiger partial charge in [-0.25, -0.2) is 0 Å². The van der Waals surface area contributed by atoms with Crippen molar-refractivity contribution in [1.82, 2.24) is 10.2 Å². The van der Waals surface area contributed by atoms with Crippen molar-refractivity contribution in [1.29, 1.82) is 0 Å². The average Bonchev–Trinajstić information content (AvgIpc) is 3.32. The first-order chi connectivity index (χ1) is 15.9. The molecule has 7 heteroatoms. The second-order valence-electron chi connectivity index (χ2n) is 8.49. The standard InChI is InChI=1S/C26H33BrN2O4/c1-4-24(26(31)28-20-9-5-6-10-20)29(16-19-8-7-11-21(15-19)32-3)25(30)17-33-22-12-13-23(27)18(2)14-22/h7-8,11-15,20,24H,4-6,9-10,16-17H2,1-3H3,(H,28,31)/t24-/m1/s1. The van der Waals surface area contributed by atoms with Gasteiger partial charge < -0.3 is 19.7 Å². The highest BCUT2D eigenvalue weighted by molar-refractivity contribution is 9.10. The maximum atomic E-state index is 13.3. The summed E-state index contributed by atoms with van der Waals surface area (Å²) < 4.78 is 12.1. The zero-order valence-corrected chi connectivity index (χ0v) is 21.2. The summed E-state index contributed by atoms with van der Waals surface area (Å²) in [7, 11) is 1.61. The van der Waals surface area contributed by atoms with Crippen LogP contribution in [-0.4, -0.2) is 42.5 Å². The highest BCUT2D eigenvalue weighted by Gasteiger charge is 2.31. The minimum atomic E-state index is -0.570. The normalized spacial score (nSPS) is 14.5. The number of aryl methyl sites for hydroxylation is 1. The van der Waals surface area contributed by atoms with Gasteiger partial charge in [0.2, 0.25) is 5.91 Å². The zero-order chi connectivity index (χ0) is 23.8. The molecule has 0 heterocycles. The van der Waals surface area contributed by atoms with E-state index in [1.165, 1.54) is 0 Å². The lowest BCUT2D eigenvalue weighted by Crippen LogP contribution is -2.52. The number of hydrogen-bond acceptors (Lipinski definition) is 4. The largest absolute Gasteiger partial charge is 0.497 e. The van der Waals surface area contributed by atoms with Crippen LogP contribution in [0.25, 0.3) is 0 Å². The van der Waals surface area contributed by atoms with E-state index in [-0.39, 0.29) is 24.5 Å². The Kier molecular flexibility index (Phi) is 9.18. The van der Waals surface area contributed by atoms with Gasteiger partial charge in [-0.2, -0.15) is 0 Å². The van der Waals surface area contributed by atoms with Crippen LogP contribution in [0.4, 0.5) is 0 Å². The van der Waals surface area contributed by atoms with Gasteiger partial charge in [0, 0.05) is 17.1 Å². The minimum absolute atomic E-state index is 0.0971. The SMILES string of the molecule is CC[C@H](C(=O)NC1CCCC1)N(Cc1cccc(OC)c1)C(=O)COc1ccc(Br)c(C)c1. The van der Waals surface area contributed by atoms with Crippen LogP contribution in [0.3, 0.4) is 0 Å². The molecule has 0 radical (unpaired) electrons. The zero-order valence-electron chi connectivity index (χ0n) is 19.6. The second-order valence-corrected chi connectivity index (χ2v) is 9.34. The van der Waals surface area contributed by atoms with Crippen molar-refractivity contribution in [3.8, 4) is 11.5 Å². The molecule has 0 aromatic heterocycles. The monoisotopic (exact) mass is 516 g/mol. The quantitative estimate of drug-likeness (QED) is 0.481. The third-order valence-corrected chi connectivity index (χ3v) is 6.96. The van der Waals surface area contributed by atoms with Crippen molar-refractivity contribution < 1.29 is 19.1 Å². The van der Waals surface area contributed by atoms with Crippen LogP contribution >= 0.6 is 15.9 Å². The molecule has 2 amide bonds. The lowest BCUT2D eigenvalue weighted by atomic mass is 10.1. The van der Waals surface area contributed by atoms with Gasteiger partial charge in [0.05, 0.1) is 7.11 Å². The second kappa shape index (κ2) is 12.1. The number of methoxy groups -OCH3 is 1. The summed E-state index contributed by atoms with van der Waals surface area (Å²) in [6.45, 7) is 4.06. The molecular formula is C26H33BrN2O4. The first-order valence-electron chi connectivity index (χ1n) is 11.5. The fraction of sp³-hybridized carbons (Fsp3) is 0.462. The molecule has 2 aromatic carbocycles. The molecule has 0 bridgehead atoms. The number of rotatable bonds is 10. The molecule has 1 saturated carbocycles. The summed E-state index contributed by atoms with van der Waals surface area (Å²) in [4.78, 5) is 28.1. The Morgan fingerprint density at radius 3 is 2.58 bits per heavy atom. The molecule has 3 rings (SSSR count). The molecule has 1 atom stereocenters. The van der Waals surface area contributed by atoms with Crippen LogP contribution in [0.1, 0.15) is 50.2 Å². The van der Waals surface area contributed by atoms with Gasteiger partial charge in [-0.15, -0.1) is 0 Å². The number of nitrogens with one attached hydrogen (secondary N) is 1. The molecule has 1 fully saturated rings. The van der Waals surface area contributed by atoms with Gasteiger partial charge in [0.1, 0.15) is 17.5 Å². The summed E-state index contributed by atoms with van der Waals surface area (Å²) in [6.07, 6.45) is 4.78. The molecular weight excluding hydrogens is 484 g/mol. The van der Waals surface area contributed by atoms with Crippen LogP contribution in [0.2, 0.25) is 0 Å². The molecule has 2 aromatic rings. The van der Waals surface area contributed by atoms with Crippen molar-refractivity contribution >= 4 is 27.7 Å². The fourth-order valence-electron chi connectivity index (χ4n) is 4.19. The third kappa shape index (κ3) is 6.97. The number of carbonyl (C=O) groups is 2. The van der Waals surface area contributed by atoms with E-state index in [0.29, 0.717) is 24.5 Å². The minimum Gasteiger partial charge on any atom is -0.497 e. The van der Waals surface area contributed by atoms with Crippen LogP contribution in [0, 0.1) is 6.92 Å². The molecule has 6 nitrogen and oxygen atoms in total. The van der Waals surface area contributed by atoms with E-state index in [0.717, 1.165) is 41.3 Å². The van der Waals surface area contributed by atoms with E-state index < -0.39 is 6.04 Å². The van der Waals surface area contributed by atoms with E-state index in [2.05, 4.69) is 21.2 Å². The van der Waals surface area contributed by atoms with Crippen molar-refractivity contribution in [2.24, 2.45) is 0 Å². The molecule has 33 heavy (non-hydrogen) atoms. The number of amides is 2. The van der Waals surface area contributed by atoms with E-state index >= 15 is 0 Å². The maximum absolute atomic E-state index is 13.3. The highest BCUT2D eigenvalue weighted by Crippen LogP contribution is 2.23. The van der Waals surface area contributed by atoms with Gasteiger partial charge >= 0.3 is 0 Å². The van der Waals surface area contributed by atoms with Gasteiger partial charge in [0.15, 0.2) is 6.61 Å². The summed E-state index contributed by atoms with van der Waals surface area (Å²) >= 11 is 3.48. The number of halogens is 1. The molecule has 0 unspecified atom stereocenters. The van der Waals surface area contributed by atoms with Crippen molar-refractivity contribution in [2.45, 2.75) is 64.6 Å². The topological polar surface area (TPSA) is 67.9 Å². The van der Waals surface area contributed by atoms with Crippen LogP contribution in [0.15, 0.2) is 46.9 Å². The molecule has 0 aliphatic heterocycles. The van der Waals surface area contributed by atoms with Crippen LogP contribution in [0.5, 0.6) is 11.5 Å². The lowest BCUT2D eigenvalue weighted by molar-refractivity contribution is -0.143.